The number of carbonyl (C=O) groups excluding carboxylic acids is 1. The van der Waals surface area contributed by atoms with Gasteiger partial charge in [0.15, 0.2) is 5.82 Å². The molecule has 1 aliphatic heterocycles. The summed E-state index contributed by atoms with van der Waals surface area (Å²) in [6.45, 7) is 1.30. The summed E-state index contributed by atoms with van der Waals surface area (Å²) >= 11 is 0. The molecule has 2 aromatic rings. The van der Waals surface area contributed by atoms with Crippen molar-refractivity contribution in [2.75, 3.05) is 18.5 Å². The van der Waals surface area contributed by atoms with Crippen molar-refractivity contribution in [1.82, 2.24) is 15.3 Å². The third-order valence-corrected chi connectivity index (χ3v) is 5.21. The second-order valence-electron chi connectivity index (χ2n) is 7.30. The van der Waals surface area contributed by atoms with E-state index in [1.807, 2.05) is 30.3 Å². The number of ether oxygens (including phenoxy) is 1. The third kappa shape index (κ3) is 4.63. The molecule has 1 atom stereocenters. The van der Waals surface area contributed by atoms with E-state index in [2.05, 4.69) is 20.6 Å². The molecule has 1 saturated heterocycles. The smallest absolute Gasteiger partial charge is 0.270 e. The fraction of sp³-hybridized carbons (Fsp3) is 0.476. The Bertz CT molecular complexity index is 769. The molecule has 6 heteroatoms. The van der Waals surface area contributed by atoms with Gasteiger partial charge >= 0.3 is 0 Å². The van der Waals surface area contributed by atoms with Gasteiger partial charge in [0.25, 0.3) is 5.91 Å². The zero-order chi connectivity index (χ0) is 18.5. The minimum atomic E-state index is -0.181. The first-order valence-electron chi connectivity index (χ1n) is 9.89. The first-order chi connectivity index (χ1) is 13.3. The quantitative estimate of drug-likeness (QED) is 0.819. The van der Waals surface area contributed by atoms with E-state index in [1.165, 1.54) is 12.8 Å². The van der Waals surface area contributed by atoms with E-state index >= 15 is 0 Å². The van der Waals surface area contributed by atoms with Gasteiger partial charge in [-0.25, -0.2) is 9.97 Å². The van der Waals surface area contributed by atoms with Crippen molar-refractivity contribution in [3.05, 3.63) is 42.1 Å². The van der Waals surface area contributed by atoms with Crippen LogP contribution in [-0.4, -0.2) is 41.2 Å². The fourth-order valence-corrected chi connectivity index (χ4v) is 3.74. The van der Waals surface area contributed by atoms with E-state index in [0.717, 1.165) is 43.7 Å². The van der Waals surface area contributed by atoms with Crippen LogP contribution in [0.4, 0.5) is 5.82 Å². The SMILES string of the molecule is O=C(NCC1CCCO1)c1cc(NC2CCCC2)nc(-c2ccccc2)n1. The number of benzene rings is 1. The average molecular weight is 366 g/mol. The normalized spacial score (nSPS) is 19.9. The summed E-state index contributed by atoms with van der Waals surface area (Å²) in [5, 5.41) is 6.45. The molecule has 2 aliphatic rings. The number of amides is 1. The molecule has 0 bridgehead atoms. The summed E-state index contributed by atoms with van der Waals surface area (Å²) in [5.41, 5.74) is 1.29. The van der Waals surface area contributed by atoms with Crippen molar-refractivity contribution in [3.8, 4) is 11.4 Å². The van der Waals surface area contributed by atoms with Gasteiger partial charge in [0, 0.05) is 30.8 Å². The van der Waals surface area contributed by atoms with Crippen molar-refractivity contribution in [2.24, 2.45) is 0 Å². The maximum Gasteiger partial charge on any atom is 0.270 e. The standard InChI is InChI=1S/C21H26N4O2/c26-21(22-14-17-11-6-12-27-17)18-13-19(23-16-9-4-5-10-16)25-20(24-18)15-7-2-1-3-8-15/h1-3,7-8,13,16-17H,4-6,9-12,14H2,(H,22,26)(H,23,24,25). The molecule has 2 heterocycles. The zero-order valence-corrected chi connectivity index (χ0v) is 15.5. The van der Waals surface area contributed by atoms with E-state index < -0.39 is 0 Å². The van der Waals surface area contributed by atoms with Crippen LogP contribution in [-0.2, 0) is 4.74 Å². The van der Waals surface area contributed by atoms with Crippen molar-refractivity contribution in [2.45, 2.75) is 50.7 Å². The van der Waals surface area contributed by atoms with Crippen LogP contribution in [0.25, 0.3) is 11.4 Å². The van der Waals surface area contributed by atoms with Crippen molar-refractivity contribution < 1.29 is 9.53 Å². The maximum absolute atomic E-state index is 12.7. The number of carbonyl (C=O) groups is 1. The Labute approximate surface area is 159 Å². The highest BCUT2D eigenvalue weighted by molar-refractivity contribution is 5.93. The third-order valence-electron chi connectivity index (χ3n) is 5.21. The molecular formula is C21H26N4O2. The highest BCUT2D eigenvalue weighted by Crippen LogP contribution is 2.23. The summed E-state index contributed by atoms with van der Waals surface area (Å²) in [6.07, 6.45) is 6.93. The molecule has 2 fully saturated rings. The predicted molar refractivity (Wildman–Crippen MR) is 105 cm³/mol. The van der Waals surface area contributed by atoms with Gasteiger partial charge in [0.05, 0.1) is 6.10 Å². The number of nitrogens with one attached hydrogen (secondary N) is 2. The largest absolute Gasteiger partial charge is 0.376 e. The Kier molecular flexibility index (Phi) is 5.63. The lowest BCUT2D eigenvalue weighted by Crippen LogP contribution is -2.32. The van der Waals surface area contributed by atoms with Crippen LogP contribution in [0.5, 0.6) is 0 Å². The van der Waals surface area contributed by atoms with Gasteiger partial charge in [-0.15, -0.1) is 0 Å². The van der Waals surface area contributed by atoms with Gasteiger partial charge in [0.2, 0.25) is 0 Å². The second-order valence-corrected chi connectivity index (χ2v) is 7.30. The molecule has 0 spiro atoms. The molecule has 1 unspecified atom stereocenters. The van der Waals surface area contributed by atoms with Crippen LogP contribution in [0.1, 0.15) is 49.0 Å². The van der Waals surface area contributed by atoms with Crippen LogP contribution in [0.3, 0.4) is 0 Å². The number of hydrogen-bond donors (Lipinski definition) is 2. The van der Waals surface area contributed by atoms with Gasteiger partial charge in [-0.2, -0.15) is 0 Å². The monoisotopic (exact) mass is 366 g/mol. The molecule has 142 valence electrons. The molecule has 0 radical (unpaired) electrons. The summed E-state index contributed by atoms with van der Waals surface area (Å²) in [4.78, 5) is 21.9. The van der Waals surface area contributed by atoms with Gasteiger partial charge < -0.3 is 15.4 Å². The molecule has 1 saturated carbocycles. The van der Waals surface area contributed by atoms with E-state index in [-0.39, 0.29) is 12.0 Å². The average Bonchev–Trinajstić information content (AvgIpc) is 3.40. The summed E-state index contributed by atoms with van der Waals surface area (Å²) in [5.74, 6) is 1.11. The lowest BCUT2D eigenvalue weighted by molar-refractivity contribution is 0.0853. The molecule has 1 aliphatic carbocycles. The molecule has 1 amide bonds. The maximum atomic E-state index is 12.7. The predicted octanol–water partition coefficient (Wildman–Crippen LogP) is 3.41. The van der Waals surface area contributed by atoms with Crippen molar-refractivity contribution in [1.29, 1.82) is 0 Å². The van der Waals surface area contributed by atoms with Crippen LogP contribution < -0.4 is 10.6 Å². The fourth-order valence-electron chi connectivity index (χ4n) is 3.74. The van der Waals surface area contributed by atoms with Crippen molar-refractivity contribution >= 4 is 11.7 Å². The van der Waals surface area contributed by atoms with Gasteiger partial charge in [-0.1, -0.05) is 43.2 Å². The summed E-state index contributed by atoms with van der Waals surface area (Å²) in [6, 6.07) is 12.0. The van der Waals surface area contributed by atoms with Crippen molar-refractivity contribution in [3.63, 3.8) is 0 Å². The van der Waals surface area contributed by atoms with Gasteiger partial charge in [0.1, 0.15) is 11.5 Å². The van der Waals surface area contributed by atoms with Crippen LogP contribution in [0.15, 0.2) is 36.4 Å². The van der Waals surface area contributed by atoms with Gasteiger partial charge in [-0.05, 0) is 25.7 Å². The Balaban J connectivity index is 1.55. The van der Waals surface area contributed by atoms with Crippen LogP contribution in [0, 0.1) is 0 Å². The molecule has 1 aromatic carbocycles. The first kappa shape index (κ1) is 17.9. The van der Waals surface area contributed by atoms with E-state index in [4.69, 9.17) is 4.74 Å². The topological polar surface area (TPSA) is 76.1 Å². The van der Waals surface area contributed by atoms with E-state index in [1.54, 1.807) is 6.07 Å². The lowest BCUT2D eigenvalue weighted by atomic mass is 10.2. The Morgan fingerprint density at radius 2 is 1.89 bits per heavy atom. The zero-order valence-electron chi connectivity index (χ0n) is 15.5. The number of hydrogen-bond acceptors (Lipinski definition) is 5. The van der Waals surface area contributed by atoms with E-state index in [9.17, 15) is 4.79 Å². The molecular weight excluding hydrogens is 340 g/mol. The minimum absolute atomic E-state index is 0.112. The molecule has 4 rings (SSSR count). The Morgan fingerprint density at radius 3 is 2.63 bits per heavy atom. The van der Waals surface area contributed by atoms with Gasteiger partial charge in [-0.3, -0.25) is 4.79 Å². The van der Waals surface area contributed by atoms with Crippen LogP contribution >= 0.6 is 0 Å². The second kappa shape index (κ2) is 8.48. The molecule has 27 heavy (non-hydrogen) atoms. The Morgan fingerprint density at radius 1 is 1.07 bits per heavy atom. The number of rotatable bonds is 6. The summed E-state index contributed by atoms with van der Waals surface area (Å²) < 4.78 is 5.58. The minimum Gasteiger partial charge on any atom is -0.376 e. The lowest BCUT2D eigenvalue weighted by Gasteiger charge is -2.15. The molecule has 6 nitrogen and oxygen atoms in total. The Hall–Kier alpha value is -2.47. The first-order valence-corrected chi connectivity index (χ1v) is 9.89. The van der Waals surface area contributed by atoms with E-state index in [0.29, 0.717) is 24.1 Å². The highest BCUT2D eigenvalue weighted by Gasteiger charge is 2.20. The van der Waals surface area contributed by atoms with Crippen LogP contribution in [0.2, 0.25) is 0 Å². The number of anilines is 1. The highest BCUT2D eigenvalue weighted by atomic mass is 16.5. The number of aromatic nitrogens is 2. The molecule has 2 N–H and O–H groups in total. The molecule has 1 aromatic heterocycles. The number of nitrogens with zero attached hydrogens (tertiary/aromatic N) is 2. The summed E-state index contributed by atoms with van der Waals surface area (Å²) in [7, 11) is 0.